The van der Waals surface area contributed by atoms with Crippen LogP contribution in [0, 0.1) is 23.3 Å². The zero-order valence-corrected chi connectivity index (χ0v) is 6.17. The van der Waals surface area contributed by atoms with Crippen molar-refractivity contribution in [3.63, 3.8) is 0 Å². The summed E-state index contributed by atoms with van der Waals surface area (Å²) in [5.74, 6) is -6.92. The van der Waals surface area contributed by atoms with Crippen molar-refractivity contribution >= 4 is 0 Å². The van der Waals surface area contributed by atoms with Gasteiger partial charge < -0.3 is 0 Å². The van der Waals surface area contributed by atoms with Gasteiger partial charge in [0.25, 0.3) is 0 Å². The highest BCUT2D eigenvalue weighted by atomic mass is 19.2. The third-order valence-electron chi connectivity index (χ3n) is 2.10. The highest BCUT2D eigenvalue weighted by Crippen LogP contribution is 2.41. The molecule has 13 heavy (non-hydrogen) atoms. The van der Waals surface area contributed by atoms with Gasteiger partial charge in [-0.25, -0.2) is 22.0 Å². The van der Waals surface area contributed by atoms with Crippen molar-refractivity contribution in [1.29, 1.82) is 0 Å². The number of hydrogen-bond donors (Lipinski definition) is 0. The molecule has 0 spiro atoms. The predicted octanol–water partition coefficient (Wildman–Crippen LogP) is 2.81. The zero-order chi connectivity index (χ0) is 9.75. The minimum absolute atomic E-state index is 0.394. The van der Waals surface area contributed by atoms with Gasteiger partial charge in [0, 0.05) is 17.5 Å². The van der Waals surface area contributed by atoms with Gasteiger partial charge in [0.15, 0.2) is 23.3 Å². The van der Waals surface area contributed by atoms with Crippen molar-refractivity contribution < 1.29 is 22.0 Å². The van der Waals surface area contributed by atoms with Gasteiger partial charge in [-0.2, -0.15) is 0 Å². The fourth-order valence-corrected chi connectivity index (χ4v) is 1.37. The van der Waals surface area contributed by atoms with Crippen LogP contribution in [0.5, 0.6) is 0 Å². The van der Waals surface area contributed by atoms with Gasteiger partial charge >= 0.3 is 0 Å². The third kappa shape index (κ3) is 0.897. The number of benzene rings is 1. The van der Waals surface area contributed by atoms with E-state index >= 15 is 0 Å². The van der Waals surface area contributed by atoms with E-state index in [0.29, 0.717) is 0 Å². The summed E-state index contributed by atoms with van der Waals surface area (Å²) in [7, 11) is 0. The molecule has 1 aromatic rings. The maximum atomic E-state index is 12.7. The van der Waals surface area contributed by atoms with Crippen LogP contribution in [0.25, 0.3) is 0 Å². The monoisotopic (exact) mass is 194 g/mol. The summed E-state index contributed by atoms with van der Waals surface area (Å²) in [4.78, 5) is 0. The molecular weight excluding hydrogens is 191 g/mol. The first kappa shape index (κ1) is 8.47. The van der Waals surface area contributed by atoms with Crippen molar-refractivity contribution in [1.82, 2.24) is 0 Å². The highest BCUT2D eigenvalue weighted by molar-refractivity contribution is 5.41. The Labute approximate surface area is 70.0 Å². The topological polar surface area (TPSA) is 0 Å². The molecule has 1 aromatic carbocycles. The van der Waals surface area contributed by atoms with Crippen LogP contribution >= 0.6 is 0 Å². The SMILES string of the molecule is Fc1c(F)c(F)c2c(c1F)CC2F. The number of rotatable bonds is 0. The molecule has 0 aromatic heterocycles. The number of alkyl halides is 1. The minimum Gasteiger partial charge on any atom is -0.242 e. The molecule has 0 saturated carbocycles. The van der Waals surface area contributed by atoms with Crippen LogP contribution in [-0.4, -0.2) is 0 Å². The zero-order valence-electron chi connectivity index (χ0n) is 6.17. The molecule has 2 rings (SSSR count). The molecule has 5 heteroatoms. The summed E-state index contributed by atoms with van der Waals surface area (Å²) in [5, 5.41) is 0. The van der Waals surface area contributed by atoms with Crippen LogP contribution in [0.2, 0.25) is 0 Å². The van der Waals surface area contributed by atoms with Crippen molar-refractivity contribution in [3.05, 3.63) is 34.4 Å². The van der Waals surface area contributed by atoms with Crippen molar-refractivity contribution in [3.8, 4) is 0 Å². The second-order valence-corrected chi connectivity index (χ2v) is 2.82. The molecule has 70 valence electrons. The van der Waals surface area contributed by atoms with Crippen LogP contribution in [0.4, 0.5) is 22.0 Å². The first-order valence-corrected chi connectivity index (χ1v) is 3.52. The quantitative estimate of drug-likeness (QED) is 0.338. The largest absolute Gasteiger partial charge is 0.242 e. The lowest BCUT2D eigenvalue weighted by atomic mass is 9.85. The van der Waals surface area contributed by atoms with Crippen LogP contribution in [0.1, 0.15) is 17.3 Å². The lowest BCUT2D eigenvalue weighted by Crippen LogP contribution is -2.21. The molecule has 0 radical (unpaired) electrons. The van der Waals surface area contributed by atoms with E-state index in [9.17, 15) is 22.0 Å². The normalized spacial score (nSPS) is 19.6. The Morgan fingerprint density at radius 3 is 1.92 bits per heavy atom. The first-order valence-electron chi connectivity index (χ1n) is 3.52. The van der Waals surface area contributed by atoms with E-state index in [1.54, 1.807) is 0 Å². The molecule has 0 nitrogen and oxygen atoms in total. The first-order chi connectivity index (χ1) is 6.04. The molecular formula is C8H3F5. The Balaban J connectivity index is 2.75. The van der Waals surface area contributed by atoms with Gasteiger partial charge in [-0.05, 0) is 0 Å². The molecule has 1 aliphatic carbocycles. The summed E-state index contributed by atoms with van der Waals surface area (Å²) in [6, 6.07) is 0. The van der Waals surface area contributed by atoms with Crippen LogP contribution < -0.4 is 0 Å². The number of hydrogen-bond acceptors (Lipinski definition) is 0. The molecule has 0 bridgehead atoms. The summed E-state index contributed by atoms with van der Waals surface area (Å²) in [6.45, 7) is 0. The standard InChI is InChI=1S/C8H3F5/c9-3-1-2-4(3)6(11)8(13)7(12)5(2)10/h3H,1H2. The second-order valence-electron chi connectivity index (χ2n) is 2.82. The van der Waals surface area contributed by atoms with Crippen LogP contribution in [0.15, 0.2) is 0 Å². The Bertz CT molecular complexity index is 362. The van der Waals surface area contributed by atoms with Gasteiger partial charge in [-0.15, -0.1) is 0 Å². The minimum atomic E-state index is -1.95. The molecule has 1 unspecified atom stereocenters. The third-order valence-corrected chi connectivity index (χ3v) is 2.10. The Kier molecular flexibility index (Phi) is 1.58. The summed E-state index contributed by atoms with van der Waals surface area (Å²) >= 11 is 0. The number of fused-ring (bicyclic) bond motifs is 1. The van der Waals surface area contributed by atoms with Crippen molar-refractivity contribution in [2.24, 2.45) is 0 Å². The predicted molar refractivity (Wildman–Crippen MR) is 33.8 cm³/mol. The van der Waals surface area contributed by atoms with E-state index < -0.39 is 47.0 Å². The molecule has 0 N–H and O–H groups in total. The fraction of sp³-hybridized carbons (Fsp3) is 0.250. The van der Waals surface area contributed by atoms with Crippen LogP contribution in [-0.2, 0) is 6.42 Å². The Morgan fingerprint density at radius 1 is 0.846 bits per heavy atom. The Morgan fingerprint density at radius 2 is 1.38 bits per heavy atom. The van der Waals surface area contributed by atoms with E-state index in [1.165, 1.54) is 0 Å². The van der Waals surface area contributed by atoms with E-state index in [-0.39, 0.29) is 0 Å². The smallest absolute Gasteiger partial charge is 0.197 e. The van der Waals surface area contributed by atoms with Gasteiger partial charge in [-0.1, -0.05) is 0 Å². The highest BCUT2D eigenvalue weighted by Gasteiger charge is 2.37. The molecule has 0 fully saturated rings. The van der Waals surface area contributed by atoms with Gasteiger partial charge in [0.05, 0.1) is 0 Å². The number of halogens is 5. The average molecular weight is 194 g/mol. The maximum Gasteiger partial charge on any atom is 0.197 e. The van der Waals surface area contributed by atoms with Gasteiger partial charge in [-0.3, -0.25) is 0 Å². The lowest BCUT2D eigenvalue weighted by Gasteiger charge is -2.24. The maximum absolute atomic E-state index is 12.7. The molecule has 1 atom stereocenters. The molecule has 0 amide bonds. The van der Waals surface area contributed by atoms with E-state index in [4.69, 9.17) is 0 Å². The van der Waals surface area contributed by atoms with E-state index in [0.717, 1.165) is 0 Å². The molecule has 1 aliphatic rings. The Hall–Kier alpha value is -1.13. The molecule has 0 heterocycles. The van der Waals surface area contributed by atoms with Crippen LogP contribution in [0.3, 0.4) is 0 Å². The van der Waals surface area contributed by atoms with E-state index in [1.807, 2.05) is 0 Å². The van der Waals surface area contributed by atoms with Crippen molar-refractivity contribution in [2.45, 2.75) is 12.6 Å². The van der Waals surface area contributed by atoms with E-state index in [2.05, 4.69) is 0 Å². The second kappa shape index (κ2) is 2.43. The lowest BCUT2D eigenvalue weighted by molar-refractivity contribution is 0.269. The molecule has 0 saturated heterocycles. The summed E-state index contributed by atoms with van der Waals surface area (Å²) in [5.41, 5.74) is -1.08. The van der Waals surface area contributed by atoms with Gasteiger partial charge in [0.1, 0.15) is 6.17 Å². The fourth-order valence-electron chi connectivity index (χ4n) is 1.37. The van der Waals surface area contributed by atoms with Gasteiger partial charge in [0.2, 0.25) is 0 Å². The average Bonchev–Trinajstić information content (AvgIpc) is 2.08. The molecule has 0 aliphatic heterocycles. The van der Waals surface area contributed by atoms with Crippen molar-refractivity contribution in [2.75, 3.05) is 0 Å². The summed E-state index contributed by atoms with van der Waals surface area (Å²) < 4.78 is 63.0. The summed E-state index contributed by atoms with van der Waals surface area (Å²) in [6.07, 6.45) is -2.12.